The lowest BCUT2D eigenvalue weighted by molar-refractivity contribution is 0.238. The van der Waals surface area contributed by atoms with E-state index in [1.54, 1.807) is 26.1 Å². The average Bonchev–Trinajstić information content (AvgIpc) is 2.30. The molecule has 1 unspecified atom stereocenters. The van der Waals surface area contributed by atoms with E-state index in [9.17, 15) is 8.78 Å². The number of hydrogen-bond donors (Lipinski definition) is 1. The molecule has 1 nitrogen and oxygen atoms in total. The summed E-state index contributed by atoms with van der Waals surface area (Å²) in [5, 5.41) is 3.09. The van der Waals surface area contributed by atoms with E-state index in [1.165, 1.54) is 0 Å². The Labute approximate surface area is 102 Å². The van der Waals surface area contributed by atoms with Crippen LogP contribution in [0.25, 0.3) is 0 Å². The van der Waals surface area contributed by atoms with Gasteiger partial charge in [-0.3, -0.25) is 0 Å². The fraction of sp³-hybridized carbons (Fsp3) is 0.571. The van der Waals surface area contributed by atoms with Crippen LogP contribution in [0.3, 0.4) is 0 Å². The average molecular weight is 241 g/mol. The predicted molar refractivity (Wildman–Crippen MR) is 67.0 cm³/mol. The molecule has 0 radical (unpaired) electrons. The number of halogens is 2. The third-order valence-corrected chi connectivity index (χ3v) is 3.60. The van der Waals surface area contributed by atoms with Crippen LogP contribution in [0.2, 0.25) is 0 Å². The second-order valence-electron chi connectivity index (χ2n) is 5.16. The van der Waals surface area contributed by atoms with Crippen molar-refractivity contribution < 1.29 is 8.78 Å². The summed E-state index contributed by atoms with van der Waals surface area (Å²) in [7, 11) is 1.78. The van der Waals surface area contributed by atoms with E-state index < -0.39 is 11.6 Å². The molecule has 0 saturated carbocycles. The second kappa shape index (κ2) is 5.13. The molecule has 1 aromatic rings. The van der Waals surface area contributed by atoms with Crippen molar-refractivity contribution in [2.24, 2.45) is 5.41 Å². The summed E-state index contributed by atoms with van der Waals surface area (Å²) in [4.78, 5) is 0. The third kappa shape index (κ3) is 2.65. The van der Waals surface area contributed by atoms with Gasteiger partial charge in [-0.1, -0.05) is 32.9 Å². The molecule has 0 bridgehead atoms. The number of aryl methyl sites for hydroxylation is 1. The van der Waals surface area contributed by atoms with Gasteiger partial charge in [0, 0.05) is 11.6 Å². The van der Waals surface area contributed by atoms with Crippen molar-refractivity contribution in [2.75, 3.05) is 7.05 Å². The highest BCUT2D eigenvalue weighted by Gasteiger charge is 2.30. The summed E-state index contributed by atoms with van der Waals surface area (Å²) < 4.78 is 27.5. The van der Waals surface area contributed by atoms with E-state index in [-0.39, 0.29) is 11.5 Å². The van der Waals surface area contributed by atoms with Crippen LogP contribution in [0, 0.1) is 24.0 Å². The first-order valence-corrected chi connectivity index (χ1v) is 5.97. The quantitative estimate of drug-likeness (QED) is 0.841. The highest BCUT2D eigenvalue weighted by Crippen LogP contribution is 2.37. The van der Waals surface area contributed by atoms with E-state index in [0.717, 1.165) is 6.42 Å². The van der Waals surface area contributed by atoms with E-state index >= 15 is 0 Å². The van der Waals surface area contributed by atoms with Crippen LogP contribution in [0.1, 0.15) is 44.4 Å². The molecule has 96 valence electrons. The van der Waals surface area contributed by atoms with Gasteiger partial charge in [0.15, 0.2) is 11.6 Å². The molecule has 0 spiro atoms. The summed E-state index contributed by atoms with van der Waals surface area (Å²) in [6.07, 6.45) is 0.882. The van der Waals surface area contributed by atoms with Crippen LogP contribution in [0.4, 0.5) is 8.78 Å². The standard InChI is InChI=1S/C14H21F2N/c1-6-14(3,4)13(17-5)10-8-7-9(2)11(15)12(10)16/h7-8,13,17H,6H2,1-5H3. The minimum Gasteiger partial charge on any atom is -0.312 e. The maximum absolute atomic E-state index is 14.0. The minimum absolute atomic E-state index is 0.128. The molecule has 0 saturated heterocycles. The minimum atomic E-state index is -0.741. The molecule has 0 aromatic heterocycles. The molecule has 1 rings (SSSR count). The fourth-order valence-corrected chi connectivity index (χ4v) is 2.06. The third-order valence-electron chi connectivity index (χ3n) is 3.60. The smallest absolute Gasteiger partial charge is 0.163 e. The van der Waals surface area contributed by atoms with Crippen LogP contribution in [0.15, 0.2) is 12.1 Å². The van der Waals surface area contributed by atoms with Crippen molar-refractivity contribution in [1.29, 1.82) is 0 Å². The van der Waals surface area contributed by atoms with Gasteiger partial charge in [-0.15, -0.1) is 0 Å². The van der Waals surface area contributed by atoms with Crippen molar-refractivity contribution in [3.05, 3.63) is 34.9 Å². The zero-order valence-corrected chi connectivity index (χ0v) is 11.2. The Morgan fingerprint density at radius 3 is 2.29 bits per heavy atom. The molecular formula is C14H21F2N. The number of rotatable bonds is 4. The van der Waals surface area contributed by atoms with E-state index in [4.69, 9.17) is 0 Å². The summed E-state index contributed by atoms with van der Waals surface area (Å²) in [5.74, 6) is -1.47. The Bertz CT molecular complexity index is 399. The molecule has 1 atom stereocenters. The molecule has 0 fully saturated rings. The van der Waals surface area contributed by atoms with Crippen molar-refractivity contribution in [2.45, 2.75) is 40.2 Å². The van der Waals surface area contributed by atoms with Crippen molar-refractivity contribution in [3.8, 4) is 0 Å². The molecule has 0 aliphatic rings. The summed E-state index contributed by atoms with van der Waals surface area (Å²) in [5.41, 5.74) is 0.620. The predicted octanol–water partition coefficient (Wildman–Crippen LogP) is 3.97. The van der Waals surface area contributed by atoms with Gasteiger partial charge in [0.05, 0.1) is 0 Å². The Morgan fingerprint density at radius 1 is 1.24 bits per heavy atom. The molecule has 0 heterocycles. The SMILES string of the molecule is CCC(C)(C)C(NC)c1ccc(C)c(F)c1F. The number of hydrogen-bond acceptors (Lipinski definition) is 1. The highest BCUT2D eigenvalue weighted by molar-refractivity contribution is 5.29. The first-order chi connectivity index (χ1) is 7.85. The van der Waals surface area contributed by atoms with E-state index in [0.29, 0.717) is 11.1 Å². The summed E-state index contributed by atoms with van der Waals surface area (Å²) in [6, 6.07) is 3.11. The van der Waals surface area contributed by atoms with Gasteiger partial charge in [0.1, 0.15) is 0 Å². The van der Waals surface area contributed by atoms with Gasteiger partial charge in [-0.05, 0) is 31.4 Å². The lowest BCUT2D eigenvalue weighted by Gasteiger charge is -2.34. The van der Waals surface area contributed by atoms with Crippen molar-refractivity contribution in [3.63, 3.8) is 0 Å². The molecular weight excluding hydrogens is 220 g/mol. The first kappa shape index (κ1) is 14.1. The normalized spacial score (nSPS) is 13.8. The van der Waals surface area contributed by atoms with Crippen LogP contribution in [-0.2, 0) is 0 Å². The van der Waals surface area contributed by atoms with Gasteiger partial charge < -0.3 is 5.32 Å². The fourth-order valence-electron chi connectivity index (χ4n) is 2.06. The zero-order valence-electron chi connectivity index (χ0n) is 11.2. The topological polar surface area (TPSA) is 12.0 Å². The molecule has 0 aliphatic heterocycles. The number of nitrogens with one attached hydrogen (secondary N) is 1. The zero-order chi connectivity index (χ0) is 13.2. The van der Waals surface area contributed by atoms with Gasteiger partial charge in [0.25, 0.3) is 0 Å². The van der Waals surface area contributed by atoms with Gasteiger partial charge in [0.2, 0.25) is 0 Å². The Hall–Kier alpha value is -0.960. The van der Waals surface area contributed by atoms with E-state index in [2.05, 4.69) is 5.32 Å². The maximum Gasteiger partial charge on any atom is 0.163 e. The summed E-state index contributed by atoms with van der Waals surface area (Å²) in [6.45, 7) is 7.71. The van der Waals surface area contributed by atoms with Crippen LogP contribution < -0.4 is 5.32 Å². The van der Waals surface area contributed by atoms with Gasteiger partial charge >= 0.3 is 0 Å². The highest BCUT2D eigenvalue weighted by atomic mass is 19.2. The molecule has 0 amide bonds. The first-order valence-electron chi connectivity index (χ1n) is 5.97. The lowest BCUT2D eigenvalue weighted by atomic mass is 9.78. The van der Waals surface area contributed by atoms with E-state index in [1.807, 2.05) is 20.8 Å². The van der Waals surface area contributed by atoms with Gasteiger partial charge in [-0.2, -0.15) is 0 Å². The molecule has 17 heavy (non-hydrogen) atoms. The summed E-state index contributed by atoms with van der Waals surface area (Å²) >= 11 is 0. The monoisotopic (exact) mass is 241 g/mol. The molecule has 1 aromatic carbocycles. The maximum atomic E-state index is 14.0. The number of benzene rings is 1. The Balaban J connectivity index is 3.27. The van der Waals surface area contributed by atoms with Crippen LogP contribution in [-0.4, -0.2) is 7.05 Å². The molecule has 0 aliphatic carbocycles. The second-order valence-corrected chi connectivity index (χ2v) is 5.16. The molecule has 1 N–H and O–H groups in total. The van der Waals surface area contributed by atoms with Gasteiger partial charge in [-0.25, -0.2) is 8.78 Å². The lowest BCUT2D eigenvalue weighted by Crippen LogP contribution is -2.32. The van der Waals surface area contributed by atoms with Crippen molar-refractivity contribution in [1.82, 2.24) is 5.32 Å². The van der Waals surface area contributed by atoms with Crippen LogP contribution in [0.5, 0.6) is 0 Å². The van der Waals surface area contributed by atoms with Crippen molar-refractivity contribution >= 4 is 0 Å². The largest absolute Gasteiger partial charge is 0.312 e. The Kier molecular flexibility index (Phi) is 4.26. The van der Waals surface area contributed by atoms with Crippen LogP contribution >= 0.6 is 0 Å². The Morgan fingerprint density at radius 2 is 1.82 bits per heavy atom. The molecule has 3 heteroatoms.